The Bertz CT molecular complexity index is 1130. The monoisotopic (exact) mass is 470 g/mol. The summed E-state index contributed by atoms with van der Waals surface area (Å²) in [6.07, 6.45) is 1.63. The SMILES string of the molecule is COc1ccc(/C=C2\SC(=O)N(CCNC(=O)c3ccc4c(c3)OCCO4)C2=O)cc1OC. The molecule has 0 aromatic heterocycles. The molecule has 2 aromatic carbocycles. The summed E-state index contributed by atoms with van der Waals surface area (Å²) < 4.78 is 21.4. The first-order chi connectivity index (χ1) is 16.0. The lowest BCUT2D eigenvalue weighted by molar-refractivity contribution is -0.122. The van der Waals surface area contributed by atoms with Crippen LogP contribution in [0.2, 0.25) is 0 Å². The third-order valence-corrected chi connectivity index (χ3v) is 5.91. The predicted molar refractivity (Wildman–Crippen MR) is 122 cm³/mol. The highest BCUT2D eigenvalue weighted by Gasteiger charge is 2.34. The van der Waals surface area contributed by atoms with Crippen LogP contribution in [0.5, 0.6) is 23.0 Å². The second-order valence-corrected chi connectivity index (χ2v) is 8.06. The first kappa shape index (κ1) is 22.5. The fourth-order valence-corrected chi connectivity index (χ4v) is 4.22. The molecule has 0 radical (unpaired) electrons. The van der Waals surface area contributed by atoms with Gasteiger partial charge >= 0.3 is 0 Å². The Labute approximate surface area is 194 Å². The lowest BCUT2D eigenvalue weighted by atomic mass is 10.2. The molecule has 4 rings (SSSR count). The van der Waals surface area contributed by atoms with Crippen molar-refractivity contribution in [1.82, 2.24) is 10.2 Å². The molecule has 1 saturated heterocycles. The first-order valence-electron chi connectivity index (χ1n) is 10.2. The number of rotatable bonds is 7. The normalized spacial score (nSPS) is 16.2. The van der Waals surface area contributed by atoms with Crippen LogP contribution < -0.4 is 24.3 Å². The number of fused-ring (bicyclic) bond motifs is 1. The Hall–Kier alpha value is -3.66. The minimum absolute atomic E-state index is 0.0598. The highest BCUT2D eigenvalue weighted by atomic mass is 32.2. The maximum absolute atomic E-state index is 12.7. The quantitative estimate of drug-likeness (QED) is 0.616. The molecule has 9 nitrogen and oxygen atoms in total. The average molecular weight is 471 g/mol. The Balaban J connectivity index is 1.36. The van der Waals surface area contributed by atoms with Gasteiger partial charge in [-0.05, 0) is 53.7 Å². The number of hydrogen-bond acceptors (Lipinski definition) is 8. The molecule has 0 unspecified atom stereocenters. The number of benzene rings is 2. The lowest BCUT2D eigenvalue weighted by Gasteiger charge is -2.19. The van der Waals surface area contributed by atoms with Gasteiger partial charge in [-0.15, -0.1) is 0 Å². The van der Waals surface area contributed by atoms with Gasteiger partial charge in [0.1, 0.15) is 13.2 Å². The van der Waals surface area contributed by atoms with E-state index in [1.165, 1.54) is 14.2 Å². The topological polar surface area (TPSA) is 103 Å². The van der Waals surface area contributed by atoms with Crippen LogP contribution in [0.1, 0.15) is 15.9 Å². The molecule has 2 aliphatic heterocycles. The van der Waals surface area contributed by atoms with E-state index in [2.05, 4.69) is 5.32 Å². The van der Waals surface area contributed by atoms with Crippen molar-refractivity contribution in [1.29, 1.82) is 0 Å². The third-order valence-electron chi connectivity index (χ3n) is 5.00. The summed E-state index contributed by atoms with van der Waals surface area (Å²) in [6, 6.07) is 10.1. The van der Waals surface area contributed by atoms with Crippen LogP contribution in [-0.4, -0.2) is 62.5 Å². The summed E-state index contributed by atoms with van der Waals surface area (Å²) >= 11 is 0.854. The number of nitrogens with zero attached hydrogens (tertiary/aromatic N) is 1. The smallest absolute Gasteiger partial charge is 0.293 e. The van der Waals surface area contributed by atoms with Crippen molar-refractivity contribution in [3.8, 4) is 23.0 Å². The highest BCUT2D eigenvalue weighted by Crippen LogP contribution is 2.34. The van der Waals surface area contributed by atoms with Crippen molar-refractivity contribution in [3.05, 3.63) is 52.4 Å². The molecule has 33 heavy (non-hydrogen) atoms. The van der Waals surface area contributed by atoms with Crippen LogP contribution in [0.25, 0.3) is 6.08 Å². The van der Waals surface area contributed by atoms with Crippen LogP contribution in [0, 0.1) is 0 Å². The number of amides is 3. The fourth-order valence-electron chi connectivity index (χ4n) is 3.35. The van der Waals surface area contributed by atoms with Crippen LogP contribution in [0.4, 0.5) is 4.79 Å². The van der Waals surface area contributed by atoms with E-state index in [9.17, 15) is 14.4 Å². The maximum Gasteiger partial charge on any atom is 0.293 e. The van der Waals surface area contributed by atoms with E-state index in [1.807, 2.05) is 0 Å². The molecule has 3 amide bonds. The highest BCUT2D eigenvalue weighted by molar-refractivity contribution is 8.18. The number of thioether (sulfide) groups is 1. The standard InChI is InChI=1S/C23H22N2O7S/c1-29-16-5-3-14(11-18(16)30-2)12-20-22(27)25(23(28)33-20)8-7-24-21(26)15-4-6-17-19(13-15)32-10-9-31-17/h3-6,11-13H,7-10H2,1-2H3,(H,24,26)/b20-12-. The maximum atomic E-state index is 12.7. The largest absolute Gasteiger partial charge is 0.493 e. The van der Waals surface area contributed by atoms with Crippen LogP contribution in [-0.2, 0) is 4.79 Å². The van der Waals surface area contributed by atoms with Gasteiger partial charge in [-0.2, -0.15) is 0 Å². The van der Waals surface area contributed by atoms with Crippen LogP contribution in [0.15, 0.2) is 41.3 Å². The average Bonchev–Trinajstić information content (AvgIpc) is 3.10. The summed E-state index contributed by atoms with van der Waals surface area (Å²) in [5, 5.41) is 2.34. The van der Waals surface area contributed by atoms with E-state index in [0.29, 0.717) is 52.2 Å². The van der Waals surface area contributed by atoms with E-state index in [4.69, 9.17) is 18.9 Å². The van der Waals surface area contributed by atoms with Gasteiger partial charge in [0.2, 0.25) is 0 Å². The van der Waals surface area contributed by atoms with Crippen molar-refractivity contribution >= 4 is 34.9 Å². The minimum atomic E-state index is -0.409. The number of methoxy groups -OCH3 is 2. The second kappa shape index (κ2) is 9.86. The van der Waals surface area contributed by atoms with Gasteiger partial charge in [0, 0.05) is 18.7 Å². The van der Waals surface area contributed by atoms with Crippen molar-refractivity contribution in [2.45, 2.75) is 0 Å². The number of hydrogen-bond donors (Lipinski definition) is 1. The molecule has 0 bridgehead atoms. The van der Waals surface area contributed by atoms with E-state index in [0.717, 1.165) is 16.7 Å². The zero-order valence-electron chi connectivity index (χ0n) is 18.1. The van der Waals surface area contributed by atoms with Crippen molar-refractivity contribution in [2.24, 2.45) is 0 Å². The van der Waals surface area contributed by atoms with E-state index < -0.39 is 5.91 Å². The Kier molecular flexibility index (Phi) is 6.74. The molecular weight excluding hydrogens is 448 g/mol. The van der Waals surface area contributed by atoms with E-state index in [1.54, 1.807) is 42.5 Å². The van der Waals surface area contributed by atoms with Gasteiger partial charge in [-0.1, -0.05) is 6.07 Å². The molecule has 172 valence electrons. The number of carbonyl (C=O) groups is 3. The summed E-state index contributed by atoms with van der Waals surface area (Å²) in [7, 11) is 3.06. The van der Waals surface area contributed by atoms with Crippen molar-refractivity contribution < 1.29 is 33.3 Å². The van der Waals surface area contributed by atoms with E-state index >= 15 is 0 Å². The van der Waals surface area contributed by atoms with Crippen molar-refractivity contribution in [2.75, 3.05) is 40.5 Å². The van der Waals surface area contributed by atoms with Gasteiger partial charge in [-0.3, -0.25) is 19.3 Å². The number of ether oxygens (including phenoxy) is 4. The molecule has 1 fully saturated rings. The zero-order valence-corrected chi connectivity index (χ0v) is 18.9. The first-order valence-corrected chi connectivity index (χ1v) is 11.0. The molecule has 2 aromatic rings. The van der Waals surface area contributed by atoms with Crippen molar-refractivity contribution in [3.63, 3.8) is 0 Å². The number of nitrogens with one attached hydrogen (secondary N) is 1. The summed E-state index contributed by atoms with van der Waals surface area (Å²) in [6.45, 7) is 1.07. The fraction of sp³-hybridized carbons (Fsp3) is 0.261. The Morgan fingerprint density at radius 1 is 1.06 bits per heavy atom. The van der Waals surface area contributed by atoms with Gasteiger partial charge in [-0.25, -0.2) is 0 Å². The molecule has 0 spiro atoms. The predicted octanol–water partition coefficient (Wildman–Crippen LogP) is 2.94. The number of imide groups is 1. The minimum Gasteiger partial charge on any atom is -0.493 e. The zero-order chi connectivity index (χ0) is 23.4. The molecule has 0 atom stereocenters. The van der Waals surface area contributed by atoms with Crippen LogP contribution in [0.3, 0.4) is 0 Å². The van der Waals surface area contributed by atoms with Gasteiger partial charge in [0.05, 0.1) is 19.1 Å². The lowest BCUT2D eigenvalue weighted by Crippen LogP contribution is -2.37. The van der Waals surface area contributed by atoms with E-state index in [-0.39, 0.29) is 24.2 Å². The van der Waals surface area contributed by atoms with Gasteiger partial charge < -0.3 is 24.3 Å². The number of carbonyl (C=O) groups excluding carboxylic acids is 3. The third kappa shape index (κ3) is 4.90. The molecule has 0 aliphatic carbocycles. The molecule has 2 aliphatic rings. The van der Waals surface area contributed by atoms with Crippen LogP contribution >= 0.6 is 11.8 Å². The molecule has 0 saturated carbocycles. The van der Waals surface area contributed by atoms with Gasteiger partial charge in [0.25, 0.3) is 17.1 Å². The Morgan fingerprint density at radius 3 is 2.58 bits per heavy atom. The summed E-state index contributed by atoms with van der Waals surface area (Å²) in [5.41, 5.74) is 1.10. The second-order valence-electron chi connectivity index (χ2n) is 7.06. The molecule has 1 N–H and O–H groups in total. The molecule has 2 heterocycles. The molecular formula is C23H22N2O7S. The Morgan fingerprint density at radius 2 is 1.82 bits per heavy atom. The summed E-state index contributed by atoms with van der Waals surface area (Å²) in [4.78, 5) is 38.9. The summed E-state index contributed by atoms with van der Waals surface area (Å²) in [5.74, 6) is 1.45. The van der Waals surface area contributed by atoms with Gasteiger partial charge in [0.15, 0.2) is 23.0 Å². The molecule has 10 heteroatoms.